The Morgan fingerprint density at radius 3 is 2.63 bits per heavy atom. The van der Waals surface area contributed by atoms with Crippen LogP contribution in [0.3, 0.4) is 0 Å². The van der Waals surface area contributed by atoms with Crippen LogP contribution >= 0.6 is 15.9 Å². The first-order chi connectivity index (χ1) is 9.13. The van der Waals surface area contributed by atoms with Crippen LogP contribution in [0.1, 0.15) is 17.4 Å². The van der Waals surface area contributed by atoms with Gasteiger partial charge in [0.05, 0.1) is 11.4 Å². The van der Waals surface area contributed by atoms with Crippen molar-refractivity contribution in [3.63, 3.8) is 0 Å². The zero-order valence-electron chi connectivity index (χ0n) is 10.5. The van der Waals surface area contributed by atoms with Gasteiger partial charge >= 0.3 is 0 Å². The van der Waals surface area contributed by atoms with E-state index in [4.69, 9.17) is 5.73 Å². The van der Waals surface area contributed by atoms with E-state index >= 15 is 0 Å². The van der Waals surface area contributed by atoms with Crippen LogP contribution in [0.25, 0.3) is 0 Å². The predicted octanol–water partition coefficient (Wildman–Crippen LogP) is 3.09. The van der Waals surface area contributed by atoms with Crippen LogP contribution in [-0.2, 0) is 0 Å². The summed E-state index contributed by atoms with van der Waals surface area (Å²) in [4.78, 5) is 18.2. The summed E-state index contributed by atoms with van der Waals surface area (Å²) >= 11 is 3.30. The highest BCUT2D eigenvalue weighted by Gasteiger charge is 2.18. The van der Waals surface area contributed by atoms with Crippen LogP contribution in [0.2, 0.25) is 0 Å². The standard InChI is InChI=1S/C14H14BrN3O/c1-2-18(13-6-4-3-5-11(13)16)14(19)12-8-7-10(15)9-17-12/h3-9H,2,16H2,1H3. The van der Waals surface area contributed by atoms with Crippen molar-refractivity contribution >= 4 is 33.2 Å². The van der Waals surface area contributed by atoms with Crippen LogP contribution in [0.5, 0.6) is 0 Å². The van der Waals surface area contributed by atoms with Crippen molar-refractivity contribution in [2.24, 2.45) is 0 Å². The molecule has 0 fully saturated rings. The average Bonchev–Trinajstić information content (AvgIpc) is 2.42. The normalized spacial score (nSPS) is 10.2. The van der Waals surface area contributed by atoms with E-state index < -0.39 is 0 Å². The molecule has 19 heavy (non-hydrogen) atoms. The number of nitrogens with two attached hydrogens (primary N) is 1. The first-order valence-corrected chi connectivity index (χ1v) is 6.70. The van der Waals surface area contributed by atoms with Gasteiger partial charge in [0, 0.05) is 17.2 Å². The van der Waals surface area contributed by atoms with Gasteiger partial charge in [-0.2, -0.15) is 0 Å². The maximum Gasteiger partial charge on any atom is 0.276 e. The summed E-state index contributed by atoms with van der Waals surface area (Å²) in [5.74, 6) is -0.159. The van der Waals surface area contributed by atoms with E-state index in [1.807, 2.05) is 25.1 Å². The average molecular weight is 320 g/mol. The third-order valence-corrected chi connectivity index (χ3v) is 3.20. The number of anilines is 2. The van der Waals surface area contributed by atoms with E-state index in [1.54, 1.807) is 29.3 Å². The van der Waals surface area contributed by atoms with Crippen LogP contribution in [0.15, 0.2) is 47.1 Å². The Bertz CT molecular complexity index is 583. The molecular weight excluding hydrogens is 306 g/mol. The van der Waals surface area contributed by atoms with E-state index in [0.29, 0.717) is 23.6 Å². The van der Waals surface area contributed by atoms with Crippen LogP contribution in [0.4, 0.5) is 11.4 Å². The molecule has 1 amide bonds. The van der Waals surface area contributed by atoms with Gasteiger partial charge in [-0.05, 0) is 47.1 Å². The van der Waals surface area contributed by atoms with E-state index in [2.05, 4.69) is 20.9 Å². The molecule has 0 saturated heterocycles. The van der Waals surface area contributed by atoms with Crippen molar-refractivity contribution in [1.82, 2.24) is 4.98 Å². The van der Waals surface area contributed by atoms with Gasteiger partial charge in [0.1, 0.15) is 5.69 Å². The number of para-hydroxylation sites is 2. The molecular formula is C14H14BrN3O. The molecule has 2 rings (SSSR count). The first kappa shape index (κ1) is 13.5. The molecule has 1 aromatic carbocycles. The second kappa shape index (κ2) is 5.84. The molecule has 0 spiro atoms. The topological polar surface area (TPSA) is 59.2 Å². The number of amides is 1. The van der Waals surface area contributed by atoms with Crippen molar-refractivity contribution < 1.29 is 4.79 Å². The number of nitrogens with zero attached hydrogens (tertiary/aromatic N) is 2. The molecule has 0 saturated carbocycles. The molecule has 0 atom stereocenters. The molecule has 0 aliphatic rings. The zero-order chi connectivity index (χ0) is 13.8. The van der Waals surface area contributed by atoms with Crippen LogP contribution < -0.4 is 10.6 Å². The third kappa shape index (κ3) is 2.93. The molecule has 1 aromatic heterocycles. The maximum atomic E-state index is 12.4. The number of carbonyl (C=O) groups excluding carboxylic acids is 1. The van der Waals surface area contributed by atoms with Gasteiger partial charge < -0.3 is 10.6 Å². The zero-order valence-corrected chi connectivity index (χ0v) is 12.1. The summed E-state index contributed by atoms with van der Waals surface area (Å²) in [6, 6.07) is 10.8. The monoisotopic (exact) mass is 319 g/mol. The minimum atomic E-state index is -0.159. The van der Waals surface area contributed by atoms with Gasteiger partial charge in [-0.15, -0.1) is 0 Å². The van der Waals surface area contributed by atoms with Crippen LogP contribution in [-0.4, -0.2) is 17.4 Å². The van der Waals surface area contributed by atoms with E-state index in [0.717, 1.165) is 4.47 Å². The number of aromatic nitrogens is 1. The lowest BCUT2D eigenvalue weighted by Gasteiger charge is -2.22. The summed E-state index contributed by atoms with van der Waals surface area (Å²) in [6.07, 6.45) is 1.61. The van der Waals surface area contributed by atoms with E-state index in [9.17, 15) is 4.79 Å². The molecule has 0 bridgehead atoms. The smallest absolute Gasteiger partial charge is 0.276 e. The predicted molar refractivity (Wildman–Crippen MR) is 80.1 cm³/mol. The van der Waals surface area contributed by atoms with Crippen LogP contribution in [0, 0.1) is 0 Å². The Balaban J connectivity index is 2.35. The quantitative estimate of drug-likeness (QED) is 0.884. The van der Waals surface area contributed by atoms with Gasteiger partial charge in [-0.25, -0.2) is 4.98 Å². The van der Waals surface area contributed by atoms with Gasteiger partial charge in [0.15, 0.2) is 0 Å². The molecule has 2 aromatic rings. The Morgan fingerprint density at radius 2 is 2.05 bits per heavy atom. The van der Waals surface area contributed by atoms with Gasteiger partial charge in [0.25, 0.3) is 5.91 Å². The fourth-order valence-electron chi connectivity index (χ4n) is 1.80. The molecule has 0 radical (unpaired) electrons. The summed E-state index contributed by atoms with van der Waals surface area (Å²) < 4.78 is 0.839. The Labute approximate surface area is 120 Å². The molecule has 0 aliphatic heterocycles. The highest BCUT2D eigenvalue weighted by Crippen LogP contribution is 2.23. The summed E-state index contributed by atoms with van der Waals surface area (Å²) in [5.41, 5.74) is 7.60. The number of nitrogen functional groups attached to an aromatic ring is 1. The number of carbonyl (C=O) groups is 1. The number of rotatable bonds is 3. The summed E-state index contributed by atoms with van der Waals surface area (Å²) in [6.45, 7) is 2.44. The van der Waals surface area contributed by atoms with E-state index in [1.165, 1.54) is 0 Å². The molecule has 1 heterocycles. The molecule has 0 unspecified atom stereocenters. The minimum absolute atomic E-state index is 0.159. The number of benzene rings is 1. The summed E-state index contributed by atoms with van der Waals surface area (Å²) in [7, 11) is 0. The SMILES string of the molecule is CCN(C(=O)c1ccc(Br)cn1)c1ccccc1N. The van der Waals surface area contributed by atoms with Crippen molar-refractivity contribution in [2.75, 3.05) is 17.2 Å². The van der Waals surface area contributed by atoms with Gasteiger partial charge in [-0.3, -0.25) is 4.79 Å². The van der Waals surface area contributed by atoms with Crippen molar-refractivity contribution in [2.45, 2.75) is 6.92 Å². The van der Waals surface area contributed by atoms with Gasteiger partial charge in [0.2, 0.25) is 0 Å². The van der Waals surface area contributed by atoms with E-state index in [-0.39, 0.29) is 5.91 Å². The summed E-state index contributed by atoms with van der Waals surface area (Å²) in [5, 5.41) is 0. The molecule has 5 heteroatoms. The second-order valence-corrected chi connectivity index (χ2v) is 4.89. The van der Waals surface area contributed by atoms with Crippen molar-refractivity contribution in [1.29, 1.82) is 0 Å². The van der Waals surface area contributed by atoms with Crippen molar-refractivity contribution in [3.05, 3.63) is 52.8 Å². The lowest BCUT2D eigenvalue weighted by Crippen LogP contribution is -2.31. The highest BCUT2D eigenvalue weighted by molar-refractivity contribution is 9.10. The Kier molecular flexibility index (Phi) is 4.16. The number of pyridine rings is 1. The lowest BCUT2D eigenvalue weighted by atomic mass is 10.2. The molecule has 2 N–H and O–H groups in total. The molecule has 4 nitrogen and oxygen atoms in total. The Hall–Kier alpha value is -1.88. The van der Waals surface area contributed by atoms with Crippen molar-refractivity contribution in [3.8, 4) is 0 Å². The fourth-order valence-corrected chi connectivity index (χ4v) is 2.03. The lowest BCUT2D eigenvalue weighted by molar-refractivity contribution is 0.0983. The fraction of sp³-hybridized carbons (Fsp3) is 0.143. The second-order valence-electron chi connectivity index (χ2n) is 3.97. The third-order valence-electron chi connectivity index (χ3n) is 2.74. The number of hydrogen-bond donors (Lipinski definition) is 1. The minimum Gasteiger partial charge on any atom is -0.397 e. The Morgan fingerprint density at radius 1 is 1.32 bits per heavy atom. The highest BCUT2D eigenvalue weighted by atomic mass is 79.9. The number of hydrogen-bond acceptors (Lipinski definition) is 3. The first-order valence-electron chi connectivity index (χ1n) is 5.91. The number of halogens is 1. The van der Waals surface area contributed by atoms with Gasteiger partial charge in [-0.1, -0.05) is 12.1 Å². The largest absolute Gasteiger partial charge is 0.397 e. The molecule has 98 valence electrons. The maximum absolute atomic E-state index is 12.4. The molecule has 0 aliphatic carbocycles.